The minimum Gasteiger partial charge on any atom is -0.480 e. The van der Waals surface area contributed by atoms with Crippen LogP contribution >= 0.6 is 11.8 Å². The second-order valence-electron chi connectivity index (χ2n) is 7.37. The predicted octanol–water partition coefficient (Wildman–Crippen LogP) is 2.80. The molecule has 2 fully saturated rings. The number of rotatable bonds is 5. The highest BCUT2D eigenvalue weighted by molar-refractivity contribution is 8.00. The second kappa shape index (κ2) is 7.30. The van der Waals surface area contributed by atoms with Gasteiger partial charge in [-0.05, 0) is 52.9 Å². The van der Waals surface area contributed by atoms with Crippen molar-refractivity contribution in [3.63, 3.8) is 0 Å². The van der Waals surface area contributed by atoms with Crippen LogP contribution in [0.2, 0.25) is 0 Å². The zero-order valence-electron chi connectivity index (χ0n) is 14.1. The number of hydrogen-bond acceptors (Lipinski definition) is 5. The Morgan fingerprint density at radius 1 is 1.43 bits per heavy atom. The molecule has 2 aliphatic rings. The van der Waals surface area contributed by atoms with Gasteiger partial charge in [0.05, 0.1) is 5.60 Å². The van der Waals surface area contributed by atoms with Gasteiger partial charge in [-0.2, -0.15) is 11.8 Å². The molecule has 132 valence electrons. The van der Waals surface area contributed by atoms with Crippen LogP contribution in [0.1, 0.15) is 52.9 Å². The molecule has 2 atom stereocenters. The maximum Gasteiger partial charge on any atom is 0.408 e. The smallest absolute Gasteiger partial charge is 0.408 e. The molecule has 2 rings (SSSR count). The summed E-state index contributed by atoms with van der Waals surface area (Å²) in [5.41, 5.74) is -0.592. The molecule has 1 aliphatic heterocycles. The van der Waals surface area contributed by atoms with Crippen molar-refractivity contribution in [3.8, 4) is 0 Å². The van der Waals surface area contributed by atoms with Crippen LogP contribution < -0.4 is 5.32 Å². The van der Waals surface area contributed by atoms with Crippen molar-refractivity contribution in [2.45, 2.75) is 75.4 Å². The van der Waals surface area contributed by atoms with Crippen LogP contribution in [0.4, 0.5) is 4.79 Å². The number of amides is 1. The van der Waals surface area contributed by atoms with Crippen molar-refractivity contribution >= 4 is 23.8 Å². The zero-order valence-corrected chi connectivity index (χ0v) is 14.9. The summed E-state index contributed by atoms with van der Waals surface area (Å²) in [6, 6.07) is -0.935. The van der Waals surface area contributed by atoms with Gasteiger partial charge in [-0.25, -0.2) is 9.59 Å². The Balaban J connectivity index is 1.80. The zero-order chi connectivity index (χ0) is 17.1. The van der Waals surface area contributed by atoms with E-state index >= 15 is 0 Å². The Morgan fingerprint density at radius 3 is 2.65 bits per heavy atom. The first-order valence-electron chi connectivity index (χ1n) is 8.17. The van der Waals surface area contributed by atoms with E-state index in [0.717, 1.165) is 32.3 Å². The standard InChI is InChI=1S/C16H27NO5S/c1-15(2,3)22-14(20)17-12(13(18)19)10-23-11-5-8-21-16(9-11)6-4-7-16/h11-12H,4-10H2,1-3H3,(H,17,20)(H,18,19). The lowest BCUT2D eigenvalue weighted by Gasteiger charge is -2.47. The summed E-state index contributed by atoms with van der Waals surface area (Å²) in [6.45, 7) is 5.99. The first-order valence-corrected chi connectivity index (χ1v) is 9.22. The van der Waals surface area contributed by atoms with Crippen LogP contribution in [0.25, 0.3) is 0 Å². The number of thioether (sulfide) groups is 1. The fourth-order valence-electron chi connectivity index (χ4n) is 2.90. The maximum absolute atomic E-state index is 11.8. The van der Waals surface area contributed by atoms with Crippen molar-refractivity contribution in [1.82, 2.24) is 5.32 Å². The maximum atomic E-state index is 11.8. The molecule has 2 N–H and O–H groups in total. The molecule has 0 aromatic heterocycles. The van der Waals surface area contributed by atoms with Crippen molar-refractivity contribution in [3.05, 3.63) is 0 Å². The molecule has 0 aromatic rings. The molecule has 0 bridgehead atoms. The molecule has 2 unspecified atom stereocenters. The van der Waals surface area contributed by atoms with Gasteiger partial charge in [0.2, 0.25) is 0 Å². The Bertz CT molecular complexity index is 444. The number of alkyl carbamates (subject to hydrolysis) is 1. The average molecular weight is 345 g/mol. The molecule has 6 nitrogen and oxygen atoms in total. The lowest BCUT2D eigenvalue weighted by Crippen LogP contribution is -2.48. The highest BCUT2D eigenvalue weighted by Crippen LogP contribution is 2.45. The van der Waals surface area contributed by atoms with E-state index in [1.54, 1.807) is 32.5 Å². The van der Waals surface area contributed by atoms with Crippen LogP contribution in [0.15, 0.2) is 0 Å². The topological polar surface area (TPSA) is 84.9 Å². The first kappa shape index (κ1) is 18.4. The van der Waals surface area contributed by atoms with E-state index in [0.29, 0.717) is 11.0 Å². The number of carboxylic acids is 1. The third-order valence-corrected chi connectivity index (χ3v) is 5.60. The van der Waals surface area contributed by atoms with Gasteiger partial charge >= 0.3 is 12.1 Å². The van der Waals surface area contributed by atoms with E-state index in [1.807, 2.05) is 0 Å². The molecule has 7 heteroatoms. The summed E-state index contributed by atoms with van der Waals surface area (Å²) in [4.78, 5) is 23.1. The fourth-order valence-corrected chi connectivity index (χ4v) is 4.28. The molecule has 0 aromatic carbocycles. The molecule has 0 radical (unpaired) electrons. The van der Waals surface area contributed by atoms with Crippen molar-refractivity contribution in [2.24, 2.45) is 0 Å². The lowest BCUT2D eigenvalue weighted by molar-refractivity contribution is -0.138. The lowest BCUT2D eigenvalue weighted by atomic mass is 9.75. The quantitative estimate of drug-likeness (QED) is 0.797. The van der Waals surface area contributed by atoms with Gasteiger partial charge in [0.25, 0.3) is 0 Å². The summed E-state index contributed by atoms with van der Waals surface area (Å²) in [7, 11) is 0. The van der Waals surface area contributed by atoms with Crippen LogP contribution in [0.3, 0.4) is 0 Å². The van der Waals surface area contributed by atoms with E-state index in [9.17, 15) is 14.7 Å². The van der Waals surface area contributed by atoms with Crippen LogP contribution in [-0.4, -0.2) is 52.0 Å². The van der Waals surface area contributed by atoms with Gasteiger partial charge < -0.3 is 19.9 Å². The van der Waals surface area contributed by atoms with E-state index in [1.165, 1.54) is 6.42 Å². The number of aliphatic carboxylic acids is 1. The first-order chi connectivity index (χ1) is 10.7. The molecule has 1 saturated carbocycles. The fraction of sp³-hybridized carbons (Fsp3) is 0.875. The average Bonchev–Trinajstić information content (AvgIpc) is 2.39. The Kier molecular flexibility index (Phi) is 5.84. The normalized spacial score (nSPS) is 24.6. The van der Waals surface area contributed by atoms with Crippen molar-refractivity contribution in [2.75, 3.05) is 12.4 Å². The number of carbonyl (C=O) groups excluding carboxylic acids is 1. The van der Waals surface area contributed by atoms with Gasteiger partial charge in [-0.3, -0.25) is 0 Å². The van der Waals surface area contributed by atoms with Crippen molar-refractivity contribution in [1.29, 1.82) is 0 Å². The minimum atomic E-state index is -1.03. The van der Waals surface area contributed by atoms with Gasteiger partial charge in [-0.15, -0.1) is 0 Å². The Morgan fingerprint density at radius 2 is 2.13 bits per heavy atom. The highest BCUT2D eigenvalue weighted by Gasteiger charge is 2.42. The summed E-state index contributed by atoms with van der Waals surface area (Å²) < 4.78 is 11.0. The number of carbonyl (C=O) groups is 2. The summed E-state index contributed by atoms with van der Waals surface area (Å²) in [6.07, 6.45) is 4.68. The number of carboxylic acid groups (broad SMARTS) is 1. The monoisotopic (exact) mass is 345 g/mol. The molecule has 1 heterocycles. The van der Waals surface area contributed by atoms with Gasteiger partial charge in [-0.1, -0.05) is 0 Å². The van der Waals surface area contributed by atoms with E-state index in [4.69, 9.17) is 9.47 Å². The SMILES string of the molecule is CC(C)(C)OC(=O)NC(CSC1CCOC2(CCC2)C1)C(=O)O. The van der Waals surface area contributed by atoms with E-state index in [2.05, 4.69) is 5.32 Å². The second-order valence-corrected chi connectivity index (χ2v) is 8.70. The molecular weight excluding hydrogens is 318 g/mol. The Labute approximate surface area is 141 Å². The highest BCUT2D eigenvalue weighted by atomic mass is 32.2. The van der Waals surface area contributed by atoms with Crippen LogP contribution in [0, 0.1) is 0 Å². The van der Waals surface area contributed by atoms with Gasteiger partial charge in [0.1, 0.15) is 11.6 Å². The third-order valence-electron chi connectivity index (χ3n) is 4.20. The molecule has 23 heavy (non-hydrogen) atoms. The minimum absolute atomic E-state index is 0.0488. The third kappa shape index (κ3) is 5.57. The van der Waals surface area contributed by atoms with Crippen LogP contribution in [0.5, 0.6) is 0 Å². The number of nitrogens with one attached hydrogen (secondary N) is 1. The molecule has 1 saturated heterocycles. The summed E-state index contributed by atoms with van der Waals surface area (Å²) in [5.74, 6) is -0.691. The summed E-state index contributed by atoms with van der Waals surface area (Å²) >= 11 is 1.61. The molecule has 1 amide bonds. The van der Waals surface area contributed by atoms with E-state index in [-0.39, 0.29) is 5.60 Å². The molecular formula is C16H27NO5S. The molecule has 1 spiro atoms. The van der Waals surface area contributed by atoms with E-state index < -0.39 is 23.7 Å². The number of ether oxygens (including phenoxy) is 2. The van der Waals surface area contributed by atoms with Gasteiger partial charge in [0, 0.05) is 17.6 Å². The predicted molar refractivity (Wildman–Crippen MR) is 88.8 cm³/mol. The summed E-state index contributed by atoms with van der Waals surface area (Å²) in [5, 5.41) is 12.1. The molecule has 1 aliphatic carbocycles. The van der Waals surface area contributed by atoms with Crippen LogP contribution in [-0.2, 0) is 14.3 Å². The Hall–Kier alpha value is -0.950. The van der Waals surface area contributed by atoms with Gasteiger partial charge in [0.15, 0.2) is 0 Å². The number of hydrogen-bond donors (Lipinski definition) is 2. The largest absolute Gasteiger partial charge is 0.480 e. The van der Waals surface area contributed by atoms with Crippen molar-refractivity contribution < 1.29 is 24.2 Å².